The van der Waals surface area contributed by atoms with Gasteiger partial charge in [0.25, 0.3) is 0 Å². The molecule has 2 nitrogen and oxygen atoms in total. The topological polar surface area (TPSA) is 15.3 Å². The van der Waals surface area contributed by atoms with Crippen LogP contribution in [0, 0.1) is 0 Å². The first-order valence-corrected chi connectivity index (χ1v) is 8.99. The van der Waals surface area contributed by atoms with Gasteiger partial charge in [-0.25, -0.2) is 0 Å². The molecule has 0 spiro atoms. The number of nitrogens with zero attached hydrogens (tertiary/aromatic N) is 1. The quantitative estimate of drug-likeness (QED) is 0.780. The molecule has 0 fully saturated rings. The molecule has 1 heterocycles. The summed E-state index contributed by atoms with van der Waals surface area (Å²) in [6.07, 6.45) is 8.41. The maximum atomic E-state index is 5.41. The van der Waals surface area contributed by atoms with Crippen LogP contribution >= 0.6 is 28.1 Å². The molecule has 0 aromatic heterocycles. The summed E-state index contributed by atoms with van der Waals surface area (Å²) < 4.78 is 1.16. The fourth-order valence-electron chi connectivity index (χ4n) is 3.03. The Kier molecular flexibility index (Phi) is 5.11. The Morgan fingerprint density at radius 3 is 3.09 bits per heavy atom. The van der Waals surface area contributed by atoms with E-state index in [1.807, 2.05) is 0 Å². The molecular weight excluding hydrogens is 356 g/mol. The van der Waals surface area contributed by atoms with Crippen molar-refractivity contribution >= 4 is 38.7 Å². The van der Waals surface area contributed by atoms with Gasteiger partial charge in [-0.15, -0.1) is 0 Å². The minimum Gasteiger partial charge on any atom is -0.369 e. The van der Waals surface area contributed by atoms with E-state index < -0.39 is 0 Å². The van der Waals surface area contributed by atoms with Gasteiger partial charge in [-0.1, -0.05) is 52.4 Å². The monoisotopic (exact) mass is 376 g/mol. The zero-order valence-electron chi connectivity index (χ0n) is 12.8. The summed E-state index contributed by atoms with van der Waals surface area (Å²) in [5, 5.41) is 3.61. The molecule has 1 aromatic rings. The highest BCUT2D eigenvalue weighted by Crippen LogP contribution is 2.30. The van der Waals surface area contributed by atoms with E-state index in [0.717, 1.165) is 41.8 Å². The molecule has 0 bridgehead atoms. The maximum Gasteiger partial charge on any atom is 0.0411 e. The molecule has 1 aliphatic carbocycles. The van der Waals surface area contributed by atoms with Crippen molar-refractivity contribution in [3.63, 3.8) is 0 Å². The molecule has 22 heavy (non-hydrogen) atoms. The van der Waals surface area contributed by atoms with Crippen LogP contribution in [0.4, 0.5) is 5.69 Å². The Morgan fingerprint density at radius 1 is 1.41 bits per heavy atom. The molecule has 1 N–H and O–H groups in total. The zero-order chi connectivity index (χ0) is 15.5. The third-order valence-corrected chi connectivity index (χ3v) is 5.19. The number of halogens is 1. The predicted molar refractivity (Wildman–Crippen MR) is 102 cm³/mol. The van der Waals surface area contributed by atoms with Gasteiger partial charge >= 0.3 is 0 Å². The van der Waals surface area contributed by atoms with E-state index in [1.165, 1.54) is 16.8 Å². The number of benzene rings is 1. The Hall–Kier alpha value is -0.970. The Labute approximate surface area is 146 Å². The SMILES string of the molecule is C[C@@H](CN1CCc2ccc(Br)cc21)NCC1=CC=CCC1=S. The third kappa shape index (κ3) is 3.67. The molecule has 116 valence electrons. The second kappa shape index (κ2) is 7.07. The maximum absolute atomic E-state index is 5.41. The summed E-state index contributed by atoms with van der Waals surface area (Å²) in [4.78, 5) is 3.54. The molecule has 3 rings (SSSR count). The molecule has 2 aliphatic rings. The summed E-state index contributed by atoms with van der Waals surface area (Å²) in [5.41, 5.74) is 4.09. The minimum absolute atomic E-state index is 0.430. The molecule has 0 unspecified atom stereocenters. The van der Waals surface area contributed by atoms with E-state index >= 15 is 0 Å². The van der Waals surface area contributed by atoms with Crippen LogP contribution < -0.4 is 10.2 Å². The molecule has 0 saturated carbocycles. The van der Waals surface area contributed by atoms with Gasteiger partial charge in [-0.05, 0) is 36.6 Å². The molecule has 1 aliphatic heterocycles. The third-order valence-electron chi connectivity index (χ3n) is 4.27. The molecule has 4 heteroatoms. The minimum atomic E-state index is 0.430. The second-order valence-corrected chi connectivity index (χ2v) is 7.41. The van der Waals surface area contributed by atoms with Crippen LogP contribution in [0.2, 0.25) is 0 Å². The van der Waals surface area contributed by atoms with Crippen LogP contribution in [0.5, 0.6) is 0 Å². The van der Waals surface area contributed by atoms with Crippen molar-refractivity contribution in [3.05, 3.63) is 52.0 Å². The van der Waals surface area contributed by atoms with Gasteiger partial charge in [-0.2, -0.15) is 0 Å². The first-order valence-electron chi connectivity index (χ1n) is 7.79. The lowest BCUT2D eigenvalue weighted by atomic mass is 10.0. The van der Waals surface area contributed by atoms with E-state index in [9.17, 15) is 0 Å². The average Bonchev–Trinajstić information content (AvgIpc) is 2.89. The molecule has 1 atom stereocenters. The highest BCUT2D eigenvalue weighted by molar-refractivity contribution is 9.10. The molecule has 0 amide bonds. The summed E-state index contributed by atoms with van der Waals surface area (Å²) in [5.74, 6) is 0. The highest BCUT2D eigenvalue weighted by Gasteiger charge is 2.20. The van der Waals surface area contributed by atoms with Gasteiger partial charge in [-0.3, -0.25) is 0 Å². The lowest BCUT2D eigenvalue weighted by molar-refractivity contribution is 0.567. The van der Waals surface area contributed by atoms with E-state index in [2.05, 4.69) is 69.5 Å². The first kappa shape index (κ1) is 15.9. The van der Waals surface area contributed by atoms with Crippen molar-refractivity contribution in [3.8, 4) is 0 Å². The van der Waals surface area contributed by atoms with E-state index in [4.69, 9.17) is 12.2 Å². The van der Waals surface area contributed by atoms with Crippen molar-refractivity contribution in [1.29, 1.82) is 0 Å². The fraction of sp³-hybridized carbons (Fsp3) is 0.389. The summed E-state index contributed by atoms with van der Waals surface area (Å²) in [6.45, 7) is 5.25. The second-order valence-electron chi connectivity index (χ2n) is 6.00. The lowest BCUT2D eigenvalue weighted by Crippen LogP contribution is -2.40. The number of thiocarbonyl (C=S) groups is 1. The highest BCUT2D eigenvalue weighted by atomic mass is 79.9. The van der Waals surface area contributed by atoms with Crippen molar-refractivity contribution in [1.82, 2.24) is 5.32 Å². The van der Waals surface area contributed by atoms with Gasteiger partial charge in [0.1, 0.15) is 0 Å². The number of anilines is 1. The van der Waals surface area contributed by atoms with Crippen molar-refractivity contribution in [2.24, 2.45) is 0 Å². The lowest BCUT2D eigenvalue weighted by Gasteiger charge is -2.25. The number of fused-ring (bicyclic) bond motifs is 1. The predicted octanol–water partition coefficient (Wildman–Crippen LogP) is 4.05. The van der Waals surface area contributed by atoms with Gasteiger partial charge < -0.3 is 10.2 Å². The number of allylic oxidation sites excluding steroid dienone is 3. The van der Waals surface area contributed by atoms with Gasteiger partial charge in [0.2, 0.25) is 0 Å². The van der Waals surface area contributed by atoms with Crippen LogP contribution in [-0.2, 0) is 6.42 Å². The number of rotatable bonds is 5. The van der Waals surface area contributed by atoms with Crippen LogP contribution in [0.15, 0.2) is 46.5 Å². The number of hydrogen-bond acceptors (Lipinski definition) is 3. The molecule has 0 saturated heterocycles. The summed E-state index contributed by atoms with van der Waals surface area (Å²) in [6, 6.07) is 7.03. The first-order chi connectivity index (χ1) is 10.6. The van der Waals surface area contributed by atoms with Crippen LogP contribution in [-0.4, -0.2) is 30.5 Å². The Balaban J connectivity index is 1.56. The van der Waals surface area contributed by atoms with Gasteiger partial charge in [0.15, 0.2) is 0 Å². The zero-order valence-corrected chi connectivity index (χ0v) is 15.2. The fourth-order valence-corrected chi connectivity index (χ4v) is 3.61. The number of hydrogen-bond donors (Lipinski definition) is 1. The molecular formula is C18H21BrN2S. The van der Waals surface area contributed by atoms with Crippen LogP contribution in [0.25, 0.3) is 0 Å². The molecule has 0 radical (unpaired) electrons. The van der Waals surface area contributed by atoms with Crippen LogP contribution in [0.3, 0.4) is 0 Å². The van der Waals surface area contributed by atoms with Crippen molar-refractivity contribution in [2.45, 2.75) is 25.8 Å². The molecule has 1 aromatic carbocycles. The summed E-state index contributed by atoms with van der Waals surface area (Å²) >= 11 is 8.99. The van der Waals surface area contributed by atoms with E-state index in [-0.39, 0.29) is 0 Å². The Bertz CT molecular complexity index is 636. The largest absolute Gasteiger partial charge is 0.369 e. The van der Waals surface area contributed by atoms with Gasteiger partial charge in [0, 0.05) is 47.1 Å². The average molecular weight is 377 g/mol. The van der Waals surface area contributed by atoms with Crippen molar-refractivity contribution < 1.29 is 0 Å². The normalized spacial score (nSPS) is 18.4. The van der Waals surface area contributed by atoms with Gasteiger partial charge in [0.05, 0.1) is 0 Å². The van der Waals surface area contributed by atoms with E-state index in [1.54, 1.807) is 0 Å². The van der Waals surface area contributed by atoms with Crippen molar-refractivity contribution in [2.75, 3.05) is 24.5 Å². The standard InChI is InChI=1S/C18H21BrN2S/c1-13(20-11-15-4-2-3-5-18(15)22)12-21-9-8-14-6-7-16(19)10-17(14)21/h2-4,6-7,10,13,20H,5,8-9,11-12H2,1H3/t13-/m0/s1. The summed E-state index contributed by atoms with van der Waals surface area (Å²) in [7, 11) is 0. The Morgan fingerprint density at radius 2 is 2.27 bits per heavy atom. The smallest absolute Gasteiger partial charge is 0.0411 e. The van der Waals surface area contributed by atoms with Crippen LogP contribution in [0.1, 0.15) is 18.9 Å². The number of nitrogens with one attached hydrogen (secondary N) is 1. The van der Waals surface area contributed by atoms with E-state index in [0.29, 0.717) is 6.04 Å².